The van der Waals surface area contributed by atoms with E-state index in [-0.39, 0.29) is 11.4 Å². The summed E-state index contributed by atoms with van der Waals surface area (Å²) in [7, 11) is 0. The Labute approximate surface area is 184 Å². The van der Waals surface area contributed by atoms with Gasteiger partial charge in [-0.1, -0.05) is 77.4 Å². The average Bonchev–Trinajstić information content (AvgIpc) is 3.21. The average molecular weight is 423 g/mol. The zero-order valence-corrected chi connectivity index (χ0v) is 19.7. The largest absolute Gasteiger partial charge is 0.481 e. The van der Waals surface area contributed by atoms with Crippen LogP contribution in [0.4, 0.5) is 0 Å². The summed E-state index contributed by atoms with van der Waals surface area (Å²) in [6.45, 7) is 8.31. The van der Waals surface area contributed by atoms with Crippen LogP contribution in [0.1, 0.15) is 118 Å². The quantitative estimate of drug-likeness (QED) is 0.199. The van der Waals surface area contributed by atoms with Crippen molar-refractivity contribution in [3.05, 3.63) is 12.2 Å². The molecule has 1 N–H and O–H groups in total. The Morgan fingerprint density at radius 3 is 2.13 bits per heavy atom. The minimum atomic E-state index is -0.891. The number of unbranched alkanes of at least 4 members (excludes halogenated alkanes) is 10. The predicted molar refractivity (Wildman–Crippen MR) is 123 cm³/mol. The highest BCUT2D eigenvalue weighted by Crippen LogP contribution is 2.24. The second-order valence-electron chi connectivity index (χ2n) is 8.98. The smallest absolute Gasteiger partial charge is 0.316 e. The molecule has 30 heavy (non-hydrogen) atoms. The van der Waals surface area contributed by atoms with Crippen molar-refractivity contribution in [2.45, 2.75) is 123 Å². The van der Waals surface area contributed by atoms with E-state index in [4.69, 9.17) is 4.84 Å². The number of hydrogen-bond donors (Lipinski definition) is 1. The van der Waals surface area contributed by atoms with Gasteiger partial charge in [0.25, 0.3) is 5.90 Å². The van der Waals surface area contributed by atoms with Gasteiger partial charge in [0.15, 0.2) is 0 Å². The predicted octanol–water partition coefficient (Wildman–Crippen LogP) is 6.60. The maximum absolute atomic E-state index is 11.6. The molecule has 0 spiro atoms. The number of carboxylic acid groups (broad SMARTS) is 1. The molecule has 0 aromatic rings. The summed E-state index contributed by atoms with van der Waals surface area (Å²) >= 11 is 0. The first-order valence-electron chi connectivity index (χ1n) is 12.1. The number of carboxylic acids is 1. The summed E-state index contributed by atoms with van der Waals surface area (Å²) in [6, 6.07) is 0. The topological polar surface area (TPSA) is 76.2 Å². The standard InChI is InChI=1S/C24H44N3O3/c1-5-7-8-9-10-11-12-13-14-15-16-17-18-19-20-21(23(28)29)22-25-27(26-30-22)24(3,4)6-2/h13-14,21H,5-12,15-20H2,1-4H3,(H,28,29). The molecule has 1 radical (unpaired) electrons. The van der Waals surface area contributed by atoms with Crippen molar-refractivity contribution in [1.82, 2.24) is 10.7 Å². The molecule has 0 amide bonds. The third kappa shape index (κ3) is 10.5. The fraction of sp³-hybridized carbons (Fsp3) is 0.833. The van der Waals surface area contributed by atoms with Crippen molar-refractivity contribution in [2.75, 3.05) is 0 Å². The first-order valence-corrected chi connectivity index (χ1v) is 12.1. The second-order valence-corrected chi connectivity index (χ2v) is 8.98. The normalized spacial score (nSPS) is 15.5. The number of carbonyl (C=O) groups is 1. The van der Waals surface area contributed by atoms with Crippen molar-refractivity contribution in [2.24, 2.45) is 11.0 Å². The maximum atomic E-state index is 11.6. The maximum Gasteiger partial charge on any atom is 0.316 e. The Bertz CT molecular complexity index is 532. The van der Waals surface area contributed by atoms with Crippen LogP contribution in [0.2, 0.25) is 0 Å². The summed E-state index contributed by atoms with van der Waals surface area (Å²) in [6.07, 6.45) is 20.6. The van der Waals surface area contributed by atoms with Gasteiger partial charge in [-0.3, -0.25) is 4.79 Å². The number of nitrogens with zero attached hydrogens (tertiary/aromatic N) is 3. The van der Waals surface area contributed by atoms with E-state index in [0.717, 1.165) is 38.5 Å². The molecule has 1 aliphatic heterocycles. The molecule has 0 aromatic heterocycles. The SMILES string of the molecule is CCCCCCCCC=CCCCCCCC(C(=O)O)C1=NN(C(C)(C)CC)[N]O1. The van der Waals surface area contributed by atoms with Crippen LogP contribution in [0.5, 0.6) is 0 Å². The van der Waals surface area contributed by atoms with Crippen LogP contribution in [-0.2, 0) is 9.63 Å². The highest BCUT2D eigenvalue weighted by atomic mass is 16.7. The van der Waals surface area contributed by atoms with Gasteiger partial charge in [-0.25, -0.2) is 0 Å². The molecule has 1 unspecified atom stereocenters. The minimum Gasteiger partial charge on any atom is -0.481 e. The Hall–Kier alpha value is -1.56. The lowest BCUT2D eigenvalue weighted by Gasteiger charge is -2.28. The van der Waals surface area contributed by atoms with Crippen LogP contribution in [0, 0.1) is 5.92 Å². The molecule has 0 saturated carbocycles. The van der Waals surface area contributed by atoms with E-state index in [1.807, 2.05) is 20.8 Å². The van der Waals surface area contributed by atoms with Crippen LogP contribution in [0.25, 0.3) is 0 Å². The molecular formula is C24H44N3O3. The Morgan fingerprint density at radius 1 is 1.00 bits per heavy atom. The first kappa shape index (κ1) is 26.5. The van der Waals surface area contributed by atoms with E-state index in [9.17, 15) is 9.90 Å². The number of allylic oxidation sites excluding steroid dienone is 2. The van der Waals surface area contributed by atoms with Crippen molar-refractivity contribution >= 4 is 11.9 Å². The van der Waals surface area contributed by atoms with E-state index in [1.165, 1.54) is 50.1 Å². The third-order valence-corrected chi connectivity index (χ3v) is 5.91. The van der Waals surface area contributed by atoms with Crippen LogP contribution in [0.3, 0.4) is 0 Å². The van der Waals surface area contributed by atoms with E-state index in [1.54, 1.807) is 0 Å². The molecule has 173 valence electrons. The molecule has 0 aliphatic carbocycles. The van der Waals surface area contributed by atoms with Gasteiger partial charge < -0.3 is 9.94 Å². The van der Waals surface area contributed by atoms with Crippen molar-refractivity contribution < 1.29 is 14.7 Å². The molecule has 1 rings (SSSR count). The monoisotopic (exact) mass is 422 g/mol. The van der Waals surface area contributed by atoms with Gasteiger partial charge in [0.1, 0.15) is 11.5 Å². The molecule has 0 saturated heterocycles. The first-order chi connectivity index (χ1) is 14.4. The van der Waals surface area contributed by atoms with Crippen LogP contribution in [-0.4, -0.2) is 27.6 Å². The zero-order valence-electron chi connectivity index (χ0n) is 19.7. The van der Waals surface area contributed by atoms with E-state index >= 15 is 0 Å². The van der Waals surface area contributed by atoms with Gasteiger partial charge in [-0.05, 0) is 52.4 Å². The van der Waals surface area contributed by atoms with Crippen LogP contribution < -0.4 is 5.59 Å². The second kappa shape index (κ2) is 15.3. The zero-order chi connectivity index (χ0) is 22.2. The van der Waals surface area contributed by atoms with Gasteiger partial charge in [0.05, 0.1) is 5.54 Å². The van der Waals surface area contributed by atoms with Crippen molar-refractivity contribution in [3.63, 3.8) is 0 Å². The van der Waals surface area contributed by atoms with Crippen LogP contribution in [0.15, 0.2) is 17.3 Å². The molecule has 1 atom stereocenters. The third-order valence-electron chi connectivity index (χ3n) is 5.91. The molecule has 6 heteroatoms. The summed E-state index contributed by atoms with van der Waals surface area (Å²) in [5.41, 5.74) is 3.66. The lowest BCUT2D eigenvalue weighted by atomic mass is 10.00. The molecule has 6 nitrogen and oxygen atoms in total. The van der Waals surface area contributed by atoms with E-state index in [2.05, 4.69) is 29.8 Å². The minimum absolute atomic E-state index is 0.210. The Morgan fingerprint density at radius 2 is 1.57 bits per heavy atom. The fourth-order valence-electron chi connectivity index (χ4n) is 3.33. The highest BCUT2D eigenvalue weighted by molar-refractivity contribution is 5.97. The van der Waals surface area contributed by atoms with Crippen LogP contribution >= 0.6 is 0 Å². The van der Waals surface area contributed by atoms with Crippen molar-refractivity contribution in [1.29, 1.82) is 0 Å². The lowest BCUT2D eigenvalue weighted by Crippen LogP contribution is -2.41. The Balaban J connectivity index is 2.15. The summed E-state index contributed by atoms with van der Waals surface area (Å²) in [5.74, 6) is -1.40. The summed E-state index contributed by atoms with van der Waals surface area (Å²) < 4.78 is 0. The summed E-state index contributed by atoms with van der Waals surface area (Å²) in [5, 5.41) is 15.4. The van der Waals surface area contributed by atoms with Gasteiger partial charge in [0.2, 0.25) is 0 Å². The molecule has 1 aliphatic rings. The lowest BCUT2D eigenvalue weighted by molar-refractivity contribution is -0.140. The number of aliphatic carboxylic acids is 1. The number of hydrazone groups is 1. The summed E-state index contributed by atoms with van der Waals surface area (Å²) in [4.78, 5) is 16.9. The molecule has 1 heterocycles. The van der Waals surface area contributed by atoms with Gasteiger partial charge in [0, 0.05) is 0 Å². The molecule has 0 fully saturated rings. The highest BCUT2D eigenvalue weighted by Gasteiger charge is 2.36. The van der Waals surface area contributed by atoms with E-state index in [0.29, 0.717) is 6.42 Å². The Kier molecular flexibility index (Phi) is 13.5. The van der Waals surface area contributed by atoms with Gasteiger partial charge >= 0.3 is 5.97 Å². The molecule has 0 bridgehead atoms. The number of rotatable bonds is 18. The number of hydrogen-bond acceptors (Lipinski definition) is 4. The van der Waals surface area contributed by atoms with E-state index < -0.39 is 11.9 Å². The van der Waals surface area contributed by atoms with Gasteiger partial charge in [-0.15, -0.1) is 5.10 Å². The molecule has 0 aromatic carbocycles. The van der Waals surface area contributed by atoms with Crippen molar-refractivity contribution in [3.8, 4) is 0 Å². The molecular weight excluding hydrogens is 378 g/mol. The fourth-order valence-corrected chi connectivity index (χ4v) is 3.33. The van der Waals surface area contributed by atoms with Gasteiger partial charge in [-0.2, -0.15) is 5.12 Å².